The molecule has 0 spiro atoms. The fourth-order valence-corrected chi connectivity index (χ4v) is 6.21. The number of pyridine rings is 1. The largest absolute Gasteiger partial charge is 0.345 e. The lowest BCUT2D eigenvalue weighted by Gasteiger charge is -2.33. The number of sulfonamides is 1. The van der Waals surface area contributed by atoms with Crippen molar-refractivity contribution in [2.24, 2.45) is 0 Å². The SMILES string of the molecule is O=C(c1csc(Cc2ccccc2)n1)N1CCN(S(=O)(=O)c2c[nH]c3ncccc23)CC1. The standard InChI is InChI=1S/C22H21N5O3S2/c28-22(18-15-31-20(25-18)13-16-5-2-1-3-6-16)26-9-11-27(12-10-26)32(29,30)19-14-24-21-17(19)7-4-8-23-21/h1-8,14-15H,9-13H2,(H,23,24). The van der Waals surface area contributed by atoms with Crippen LogP contribution in [0.25, 0.3) is 11.0 Å². The number of thiazole rings is 1. The van der Waals surface area contributed by atoms with Gasteiger partial charge in [-0.3, -0.25) is 4.79 Å². The van der Waals surface area contributed by atoms with Crippen molar-refractivity contribution in [3.8, 4) is 0 Å². The molecular formula is C22H21N5O3S2. The second-order valence-corrected chi connectivity index (χ2v) is 10.4. The average Bonchev–Trinajstić information content (AvgIpc) is 3.47. The van der Waals surface area contributed by atoms with E-state index in [1.807, 2.05) is 30.3 Å². The predicted molar refractivity (Wildman–Crippen MR) is 122 cm³/mol. The summed E-state index contributed by atoms with van der Waals surface area (Å²) in [6.07, 6.45) is 3.78. The molecule has 1 N–H and O–H groups in total. The molecule has 164 valence electrons. The van der Waals surface area contributed by atoms with Gasteiger partial charge in [0.25, 0.3) is 5.91 Å². The third kappa shape index (κ3) is 3.92. The first-order chi connectivity index (χ1) is 15.5. The van der Waals surface area contributed by atoms with Gasteiger partial charge in [0, 0.05) is 55.8 Å². The molecule has 0 bridgehead atoms. The highest BCUT2D eigenvalue weighted by Gasteiger charge is 2.32. The summed E-state index contributed by atoms with van der Waals surface area (Å²) >= 11 is 1.47. The maximum absolute atomic E-state index is 13.1. The van der Waals surface area contributed by atoms with Crippen molar-refractivity contribution in [3.05, 3.63) is 76.5 Å². The summed E-state index contributed by atoms with van der Waals surface area (Å²) in [4.78, 5) is 26.4. The highest BCUT2D eigenvalue weighted by Crippen LogP contribution is 2.25. The van der Waals surface area contributed by atoms with Crippen molar-refractivity contribution in [1.29, 1.82) is 0 Å². The van der Waals surface area contributed by atoms with E-state index >= 15 is 0 Å². The molecule has 8 nitrogen and oxygen atoms in total. The molecule has 4 aromatic rings. The van der Waals surface area contributed by atoms with E-state index in [1.54, 1.807) is 28.6 Å². The van der Waals surface area contributed by atoms with E-state index in [0.717, 1.165) is 10.6 Å². The topological polar surface area (TPSA) is 99.3 Å². The Balaban J connectivity index is 1.25. The Kier molecular flexibility index (Phi) is 5.50. The van der Waals surface area contributed by atoms with E-state index in [9.17, 15) is 13.2 Å². The van der Waals surface area contributed by atoms with Crippen molar-refractivity contribution < 1.29 is 13.2 Å². The zero-order chi connectivity index (χ0) is 22.1. The number of benzene rings is 1. The monoisotopic (exact) mass is 467 g/mol. The molecule has 1 aliphatic rings. The van der Waals surface area contributed by atoms with Gasteiger partial charge in [0.2, 0.25) is 10.0 Å². The molecule has 0 unspecified atom stereocenters. The predicted octanol–water partition coefficient (Wildman–Crippen LogP) is 2.76. The van der Waals surface area contributed by atoms with Crippen molar-refractivity contribution in [3.63, 3.8) is 0 Å². The van der Waals surface area contributed by atoms with Gasteiger partial charge < -0.3 is 9.88 Å². The third-order valence-corrected chi connectivity index (χ3v) is 8.31. The number of carbonyl (C=O) groups is 1. The number of piperazine rings is 1. The number of nitrogens with zero attached hydrogens (tertiary/aromatic N) is 4. The van der Waals surface area contributed by atoms with Crippen LogP contribution in [0, 0.1) is 0 Å². The molecule has 0 atom stereocenters. The normalized spacial score (nSPS) is 15.3. The molecule has 0 aliphatic carbocycles. The maximum Gasteiger partial charge on any atom is 0.273 e. The summed E-state index contributed by atoms with van der Waals surface area (Å²) < 4.78 is 27.7. The van der Waals surface area contributed by atoms with E-state index in [-0.39, 0.29) is 23.9 Å². The fourth-order valence-electron chi connectivity index (χ4n) is 3.84. The molecule has 32 heavy (non-hydrogen) atoms. The fraction of sp³-hybridized carbons (Fsp3) is 0.227. The minimum Gasteiger partial charge on any atom is -0.345 e. The van der Waals surface area contributed by atoms with E-state index in [0.29, 0.717) is 36.2 Å². The van der Waals surface area contributed by atoms with Crippen LogP contribution in [-0.2, 0) is 16.4 Å². The van der Waals surface area contributed by atoms with Crippen LogP contribution in [0.1, 0.15) is 21.1 Å². The number of aromatic nitrogens is 3. The highest BCUT2D eigenvalue weighted by molar-refractivity contribution is 7.89. The van der Waals surface area contributed by atoms with Gasteiger partial charge in [-0.05, 0) is 17.7 Å². The van der Waals surface area contributed by atoms with Crippen LogP contribution in [-0.4, -0.2) is 64.7 Å². The van der Waals surface area contributed by atoms with Crippen LogP contribution >= 0.6 is 11.3 Å². The second kappa shape index (κ2) is 8.45. The van der Waals surface area contributed by atoms with Crippen LogP contribution in [0.5, 0.6) is 0 Å². The molecule has 4 heterocycles. The number of fused-ring (bicyclic) bond motifs is 1. The molecule has 3 aromatic heterocycles. The summed E-state index contributed by atoms with van der Waals surface area (Å²) in [5, 5.41) is 3.23. The van der Waals surface area contributed by atoms with Crippen LogP contribution in [0.3, 0.4) is 0 Å². The Morgan fingerprint density at radius 3 is 2.62 bits per heavy atom. The van der Waals surface area contributed by atoms with Crippen LogP contribution < -0.4 is 0 Å². The van der Waals surface area contributed by atoms with Gasteiger partial charge in [-0.2, -0.15) is 4.31 Å². The smallest absolute Gasteiger partial charge is 0.273 e. The summed E-state index contributed by atoms with van der Waals surface area (Å²) in [7, 11) is -3.68. The number of nitrogens with one attached hydrogen (secondary N) is 1. The zero-order valence-electron chi connectivity index (χ0n) is 17.1. The van der Waals surface area contributed by atoms with E-state index in [2.05, 4.69) is 15.0 Å². The van der Waals surface area contributed by atoms with Gasteiger partial charge in [-0.15, -0.1) is 11.3 Å². The molecule has 1 amide bonds. The zero-order valence-corrected chi connectivity index (χ0v) is 18.8. The minimum absolute atomic E-state index is 0.158. The minimum atomic E-state index is -3.68. The molecule has 1 fully saturated rings. The quantitative estimate of drug-likeness (QED) is 0.487. The van der Waals surface area contributed by atoms with Gasteiger partial charge in [0.05, 0.1) is 5.01 Å². The molecule has 0 saturated carbocycles. The van der Waals surface area contributed by atoms with Gasteiger partial charge >= 0.3 is 0 Å². The summed E-state index contributed by atoms with van der Waals surface area (Å²) in [5.41, 5.74) is 2.10. The third-order valence-electron chi connectivity index (χ3n) is 5.53. The van der Waals surface area contributed by atoms with Crippen molar-refractivity contribution >= 4 is 38.3 Å². The number of carbonyl (C=O) groups excluding carboxylic acids is 1. The Morgan fingerprint density at radius 2 is 1.84 bits per heavy atom. The Morgan fingerprint density at radius 1 is 1.06 bits per heavy atom. The first-order valence-corrected chi connectivity index (χ1v) is 12.5. The van der Waals surface area contributed by atoms with Gasteiger partial charge in [-0.25, -0.2) is 18.4 Å². The lowest BCUT2D eigenvalue weighted by molar-refractivity contribution is 0.0692. The summed E-state index contributed by atoms with van der Waals surface area (Å²) in [6, 6.07) is 13.4. The summed E-state index contributed by atoms with van der Waals surface area (Å²) in [5.74, 6) is -0.158. The molecular weight excluding hydrogens is 446 g/mol. The Hall–Kier alpha value is -3.08. The summed E-state index contributed by atoms with van der Waals surface area (Å²) in [6.45, 7) is 1.12. The number of amides is 1. The first-order valence-electron chi connectivity index (χ1n) is 10.2. The maximum atomic E-state index is 13.1. The Bertz CT molecular complexity index is 1360. The first kappa shape index (κ1) is 20.8. The number of H-pyrrole nitrogens is 1. The van der Waals surface area contributed by atoms with Crippen LogP contribution in [0.2, 0.25) is 0 Å². The van der Waals surface area contributed by atoms with Gasteiger partial charge in [0.15, 0.2) is 0 Å². The molecule has 5 rings (SSSR count). The number of aromatic amines is 1. The lowest BCUT2D eigenvalue weighted by atomic mass is 10.2. The Labute approximate surface area is 189 Å². The highest BCUT2D eigenvalue weighted by atomic mass is 32.2. The van der Waals surface area contributed by atoms with Crippen LogP contribution in [0.4, 0.5) is 0 Å². The molecule has 1 aromatic carbocycles. The lowest BCUT2D eigenvalue weighted by Crippen LogP contribution is -2.50. The van der Waals surface area contributed by atoms with E-state index in [1.165, 1.54) is 21.8 Å². The average molecular weight is 468 g/mol. The van der Waals surface area contributed by atoms with Crippen molar-refractivity contribution in [2.75, 3.05) is 26.2 Å². The number of hydrogen-bond acceptors (Lipinski definition) is 6. The van der Waals surface area contributed by atoms with Crippen LogP contribution in [0.15, 0.2) is 65.1 Å². The van der Waals surface area contributed by atoms with Crippen molar-refractivity contribution in [2.45, 2.75) is 11.3 Å². The van der Waals surface area contributed by atoms with Crippen molar-refractivity contribution in [1.82, 2.24) is 24.2 Å². The number of hydrogen-bond donors (Lipinski definition) is 1. The van der Waals surface area contributed by atoms with E-state index < -0.39 is 10.0 Å². The molecule has 0 radical (unpaired) electrons. The van der Waals surface area contributed by atoms with Gasteiger partial charge in [-0.1, -0.05) is 30.3 Å². The molecule has 1 saturated heterocycles. The van der Waals surface area contributed by atoms with E-state index in [4.69, 9.17) is 0 Å². The number of rotatable bonds is 5. The van der Waals surface area contributed by atoms with Gasteiger partial charge in [0.1, 0.15) is 16.2 Å². The second-order valence-electron chi connectivity index (χ2n) is 7.54. The molecule has 10 heteroatoms. The molecule has 1 aliphatic heterocycles.